The van der Waals surface area contributed by atoms with E-state index < -0.39 is 0 Å². The van der Waals surface area contributed by atoms with Crippen molar-refractivity contribution >= 4 is 27.5 Å². The highest BCUT2D eigenvalue weighted by molar-refractivity contribution is 5.99. The van der Waals surface area contributed by atoms with Crippen molar-refractivity contribution in [2.24, 2.45) is 0 Å². The third-order valence-electron chi connectivity index (χ3n) is 3.67. The molecule has 0 saturated heterocycles. The van der Waals surface area contributed by atoms with Crippen molar-refractivity contribution in [3.8, 4) is 5.75 Å². The van der Waals surface area contributed by atoms with Crippen LogP contribution >= 0.6 is 0 Å². The lowest BCUT2D eigenvalue weighted by Gasteiger charge is -2.01. The number of aromatic hydroxyl groups is 1. The van der Waals surface area contributed by atoms with Crippen LogP contribution in [0.5, 0.6) is 5.75 Å². The second-order valence-corrected chi connectivity index (χ2v) is 4.82. The molecule has 4 aromatic rings. The molecule has 0 fully saturated rings. The largest absolute Gasteiger partial charge is 0.505 e. The van der Waals surface area contributed by atoms with Gasteiger partial charge in [0.15, 0.2) is 11.3 Å². The summed E-state index contributed by atoms with van der Waals surface area (Å²) >= 11 is 0. The van der Waals surface area contributed by atoms with Crippen LogP contribution in [-0.4, -0.2) is 9.51 Å². The van der Waals surface area contributed by atoms with E-state index in [0.717, 1.165) is 33.1 Å². The molecule has 2 aromatic carbocycles. The van der Waals surface area contributed by atoms with Gasteiger partial charge in [-0.2, -0.15) is 0 Å². The molecule has 0 radical (unpaired) electrons. The molecule has 2 aromatic heterocycles. The molecule has 0 unspecified atom stereocenters. The topological polar surface area (TPSA) is 38.8 Å². The lowest BCUT2D eigenvalue weighted by atomic mass is 10.2. The van der Waals surface area contributed by atoms with E-state index in [1.165, 1.54) is 0 Å². The lowest BCUT2D eigenvalue weighted by molar-refractivity contribution is -0.353. The average Bonchev–Trinajstić information content (AvgIpc) is 2.74. The van der Waals surface area contributed by atoms with Crippen LogP contribution in [0.25, 0.3) is 27.5 Å². The number of hydrogen-bond donors (Lipinski definition) is 1. The maximum absolute atomic E-state index is 10.4. The standard InChI is InChI=1S/C16H12N2O/c1-10-15-16(19)11-6-2-4-8-13(11)18(15)14-9-5-3-7-12(14)17-10/h2-9,19H,1H3/p+1. The van der Waals surface area contributed by atoms with Crippen molar-refractivity contribution in [3.63, 3.8) is 0 Å². The minimum atomic E-state index is 0.343. The molecule has 3 heteroatoms. The number of fused-ring (bicyclic) bond motifs is 5. The first-order valence-electron chi connectivity index (χ1n) is 6.30. The Hall–Kier alpha value is -2.55. The highest BCUT2D eigenvalue weighted by Gasteiger charge is 2.19. The van der Waals surface area contributed by atoms with Crippen LogP contribution in [0.15, 0.2) is 48.5 Å². The third kappa shape index (κ3) is 1.24. The van der Waals surface area contributed by atoms with Gasteiger partial charge in [-0.05, 0) is 18.2 Å². The molecule has 3 nitrogen and oxygen atoms in total. The third-order valence-corrected chi connectivity index (χ3v) is 3.67. The highest BCUT2D eigenvalue weighted by atomic mass is 16.3. The normalized spacial score (nSPS) is 11.6. The Labute approximate surface area is 109 Å². The molecule has 0 aliphatic carbocycles. The molecule has 0 aliphatic heterocycles. The Bertz CT molecular complexity index is 938. The van der Waals surface area contributed by atoms with E-state index in [-0.39, 0.29) is 0 Å². The predicted molar refractivity (Wildman–Crippen MR) is 75.4 cm³/mol. The maximum atomic E-state index is 10.4. The Morgan fingerprint density at radius 3 is 2.47 bits per heavy atom. The van der Waals surface area contributed by atoms with Gasteiger partial charge in [-0.1, -0.05) is 24.3 Å². The van der Waals surface area contributed by atoms with Crippen LogP contribution in [0.2, 0.25) is 0 Å². The van der Waals surface area contributed by atoms with Gasteiger partial charge >= 0.3 is 0 Å². The maximum Gasteiger partial charge on any atom is 0.228 e. The fourth-order valence-corrected chi connectivity index (χ4v) is 2.85. The molecule has 0 atom stereocenters. The van der Waals surface area contributed by atoms with E-state index in [0.29, 0.717) is 5.75 Å². The monoisotopic (exact) mass is 249 g/mol. The van der Waals surface area contributed by atoms with Gasteiger partial charge in [0.25, 0.3) is 0 Å². The smallest absolute Gasteiger partial charge is 0.228 e. The second kappa shape index (κ2) is 3.48. The number of nitrogens with zero attached hydrogens (tertiary/aromatic N) is 1. The summed E-state index contributed by atoms with van der Waals surface area (Å²) in [5.41, 5.74) is 4.98. The first kappa shape index (κ1) is 10.4. The van der Waals surface area contributed by atoms with Gasteiger partial charge in [0.1, 0.15) is 5.52 Å². The number of para-hydroxylation sites is 3. The summed E-state index contributed by atoms with van der Waals surface area (Å²) in [7, 11) is 0. The predicted octanol–water partition coefficient (Wildman–Crippen LogP) is 3.07. The van der Waals surface area contributed by atoms with E-state index >= 15 is 0 Å². The van der Waals surface area contributed by atoms with Gasteiger partial charge in [-0.15, -0.1) is 0 Å². The van der Waals surface area contributed by atoms with Crippen molar-refractivity contribution < 1.29 is 10.1 Å². The molecule has 4 rings (SSSR count). The Morgan fingerprint density at radius 2 is 1.63 bits per heavy atom. The van der Waals surface area contributed by atoms with Crippen LogP contribution in [0.4, 0.5) is 0 Å². The molecule has 0 aliphatic rings. The van der Waals surface area contributed by atoms with E-state index in [2.05, 4.69) is 15.5 Å². The first-order chi connectivity index (χ1) is 9.27. The minimum Gasteiger partial charge on any atom is -0.505 e. The number of nitrogens with one attached hydrogen (secondary N) is 1. The van der Waals surface area contributed by atoms with Crippen molar-refractivity contribution in [2.75, 3.05) is 0 Å². The number of aryl methyl sites for hydroxylation is 1. The quantitative estimate of drug-likeness (QED) is 0.511. The molecule has 92 valence electrons. The van der Waals surface area contributed by atoms with E-state index in [1.54, 1.807) is 0 Å². The molecule has 0 saturated carbocycles. The van der Waals surface area contributed by atoms with E-state index in [1.807, 2.05) is 49.4 Å². The number of aromatic amines is 1. The molecular formula is C16H13N2O+. The molecule has 0 bridgehead atoms. The van der Waals surface area contributed by atoms with Crippen LogP contribution in [-0.2, 0) is 0 Å². The molecule has 19 heavy (non-hydrogen) atoms. The summed E-state index contributed by atoms with van der Waals surface area (Å²) in [6.45, 7) is 1.99. The van der Waals surface area contributed by atoms with Crippen LogP contribution in [0.1, 0.15) is 5.69 Å². The summed E-state index contributed by atoms with van der Waals surface area (Å²) < 4.78 is 2.12. The van der Waals surface area contributed by atoms with E-state index in [9.17, 15) is 5.11 Å². The minimum absolute atomic E-state index is 0.343. The zero-order chi connectivity index (χ0) is 13.0. The molecule has 0 amide bonds. The van der Waals surface area contributed by atoms with Crippen molar-refractivity contribution in [1.82, 2.24) is 4.40 Å². The number of rotatable bonds is 0. The Morgan fingerprint density at radius 1 is 0.947 bits per heavy atom. The molecule has 0 spiro atoms. The molecule has 2 heterocycles. The van der Waals surface area contributed by atoms with Crippen LogP contribution in [0, 0.1) is 6.92 Å². The molecular weight excluding hydrogens is 236 g/mol. The van der Waals surface area contributed by atoms with Crippen LogP contribution < -0.4 is 4.98 Å². The van der Waals surface area contributed by atoms with Crippen molar-refractivity contribution in [2.45, 2.75) is 6.92 Å². The Balaban J connectivity index is 2.44. The summed E-state index contributed by atoms with van der Waals surface area (Å²) in [6, 6.07) is 16.1. The summed E-state index contributed by atoms with van der Waals surface area (Å²) in [5, 5.41) is 11.3. The van der Waals surface area contributed by atoms with Gasteiger partial charge in [-0.3, -0.25) is 4.40 Å². The number of benzene rings is 2. The molecule has 2 N–H and O–H groups in total. The SMILES string of the molecule is Cc1[nH+]c2ccccc2n2c1c(O)c1ccccc12. The number of hydrogen-bond acceptors (Lipinski definition) is 1. The zero-order valence-electron chi connectivity index (χ0n) is 10.5. The zero-order valence-corrected chi connectivity index (χ0v) is 10.5. The number of aromatic nitrogens is 2. The summed E-state index contributed by atoms with van der Waals surface area (Å²) in [4.78, 5) is 3.35. The highest BCUT2D eigenvalue weighted by Crippen LogP contribution is 2.34. The fraction of sp³-hybridized carbons (Fsp3) is 0.0625. The van der Waals surface area contributed by atoms with Gasteiger partial charge in [-0.25, -0.2) is 4.98 Å². The van der Waals surface area contributed by atoms with Gasteiger partial charge in [0, 0.05) is 18.4 Å². The fourth-order valence-electron chi connectivity index (χ4n) is 2.85. The van der Waals surface area contributed by atoms with Crippen molar-refractivity contribution in [3.05, 3.63) is 54.2 Å². The Kier molecular flexibility index (Phi) is 1.90. The van der Waals surface area contributed by atoms with E-state index in [4.69, 9.17) is 0 Å². The van der Waals surface area contributed by atoms with Gasteiger partial charge in [0.05, 0.1) is 5.52 Å². The van der Waals surface area contributed by atoms with Crippen molar-refractivity contribution in [1.29, 1.82) is 0 Å². The average molecular weight is 249 g/mol. The van der Waals surface area contributed by atoms with Gasteiger partial charge < -0.3 is 5.11 Å². The first-order valence-corrected chi connectivity index (χ1v) is 6.30. The summed E-state index contributed by atoms with van der Waals surface area (Å²) in [6.07, 6.45) is 0. The van der Waals surface area contributed by atoms with Gasteiger partial charge in [0.2, 0.25) is 11.2 Å². The van der Waals surface area contributed by atoms with Crippen LogP contribution in [0.3, 0.4) is 0 Å². The summed E-state index contributed by atoms with van der Waals surface area (Å²) in [5.74, 6) is 0.343. The second-order valence-electron chi connectivity index (χ2n) is 4.82. The lowest BCUT2D eigenvalue weighted by Crippen LogP contribution is -2.11. The number of H-pyrrole nitrogens is 1.